The quantitative estimate of drug-likeness (QED) is 0.479. The highest BCUT2D eigenvalue weighted by molar-refractivity contribution is 7.99. The molecule has 0 saturated carbocycles. The first-order valence-electron chi connectivity index (χ1n) is 8.84. The molecule has 10 heteroatoms. The van der Waals surface area contributed by atoms with Crippen LogP contribution in [0.15, 0.2) is 59.8 Å². The van der Waals surface area contributed by atoms with Gasteiger partial charge in [-0.3, -0.25) is 9.69 Å². The molecule has 1 aliphatic rings. The molecule has 3 aromatic rings. The number of hydrogen-bond acceptors (Lipinski definition) is 6. The molecule has 1 N–H and O–H groups in total. The van der Waals surface area contributed by atoms with Gasteiger partial charge in [0.15, 0.2) is 0 Å². The molecule has 1 saturated heterocycles. The number of benzene rings is 2. The van der Waals surface area contributed by atoms with Gasteiger partial charge in [-0.1, -0.05) is 23.7 Å². The number of carbonyl (C=O) groups excluding carboxylic acids is 2. The fourth-order valence-corrected chi connectivity index (χ4v) is 4.08. The highest BCUT2D eigenvalue weighted by Crippen LogP contribution is 2.30. The number of tetrazole rings is 1. The van der Waals surface area contributed by atoms with Crippen molar-refractivity contribution in [1.82, 2.24) is 30.4 Å². The van der Waals surface area contributed by atoms with Crippen molar-refractivity contribution in [2.75, 3.05) is 12.3 Å². The van der Waals surface area contributed by atoms with Crippen LogP contribution in [0.4, 0.5) is 4.79 Å². The first kappa shape index (κ1) is 19.4. The van der Waals surface area contributed by atoms with Crippen LogP contribution in [-0.4, -0.2) is 49.3 Å². The van der Waals surface area contributed by atoms with Gasteiger partial charge in [0, 0.05) is 22.2 Å². The maximum absolute atomic E-state index is 13.1. The predicted octanol–water partition coefficient (Wildman–Crippen LogP) is 2.88. The average Bonchev–Trinajstić information content (AvgIpc) is 3.33. The molecule has 8 nitrogen and oxygen atoms in total. The number of nitrogens with one attached hydrogen (secondary N) is 1. The summed E-state index contributed by atoms with van der Waals surface area (Å²) in [5.41, 5.74) is 0.218. The van der Waals surface area contributed by atoms with E-state index in [1.54, 1.807) is 36.9 Å². The number of nitrogens with zero attached hydrogens (tertiary/aromatic N) is 5. The Labute approximate surface area is 176 Å². The summed E-state index contributed by atoms with van der Waals surface area (Å²) in [4.78, 5) is 27.9. The lowest BCUT2D eigenvalue weighted by Crippen LogP contribution is -2.41. The van der Waals surface area contributed by atoms with Crippen LogP contribution in [0.1, 0.15) is 12.5 Å². The van der Waals surface area contributed by atoms with E-state index in [0.717, 1.165) is 4.90 Å². The van der Waals surface area contributed by atoms with Crippen LogP contribution in [0.5, 0.6) is 0 Å². The summed E-state index contributed by atoms with van der Waals surface area (Å²) in [6.07, 6.45) is 1.47. The Balaban J connectivity index is 1.48. The standard InChI is InChI=1S/C19H17ClN6O2S/c1-19(13-3-2-4-15(11-13)26-12-21-23-24-26)17(27)25(18(28)22-19)9-10-29-16-7-5-14(20)6-8-16/h2-8,11-12H,9-10H2,1H3,(H,22,28)/t19-/m1/s1. The molecule has 1 atom stereocenters. The molecule has 4 rings (SSSR count). The molecule has 148 valence electrons. The van der Waals surface area contributed by atoms with Gasteiger partial charge in [-0.05, 0) is 59.3 Å². The summed E-state index contributed by atoms with van der Waals surface area (Å²) in [6, 6.07) is 14.3. The highest BCUT2D eigenvalue weighted by atomic mass is 35.5. The number of urea groups is 1. The second-order valence-corrected chi connectivity index (χ2v) is 8.22. The Morgan fingerprint density at radius 1 is 1.17 bits per heavy atom. The number of hydrogen-bond donors (Lipinski definition) is 1. The largest absolute Gasteiger partial charge is 0.325 e. The Morgan fingerprint density at radius 3 is 2.69 bits per heavy atom. The van der Waals surface area contributed by atoms with Gasteiger partial charge in [0.1, 0.15) is 11.9 Å². The van der Waals surface area contributed by atoms with Crippen LogP contribution in [0, 0.1) is 0 Å². The predicted molar refractivity (Wildman–Crippen MR) is 109 cm³/mol. The Bertz CT molecular complexity index is 1040. The van der Waals surface area contributed by atoms with E-state index in [9.17, 15) is 9.59 Å². The van der Waals surface area contributed by atoms with Crippen molar-refractivity contribution < 1.29 is 9.59 Å². The maximum atomic E-state index is 13.1. The molecule has 1 aliphatic heterocycles. The van der Waals surface area contributed by atoms with Crippen LogP contribution in [0.2, 0.25) is 5.02 Å². The average molecular weight is 429 g/mol. The van der Waals surface area contributed by atoms with Crippen LogP contribution >= 0.6 is 23.4 Å². The van der Waals surface area contributed by atoms with Crippen LogP contribution in [0.25, 0.3) is 5.69 Å². The molecule has 0 spiro atoms. The third-order valence-electron chi connectivity index (χ3n) is 4.71. The van der Waals surface area contributed by atoms with Gasteiger partial charge in [0.25, 0.3) is 5.91 Å². The zero-order chi connectivity index (χ0) is 20.4. The van der Waals surface area contributed by atoms with Gasteiger partial charge in [-0.25, -0.2) is 9.48 Å². The van der Waals surface area contributed by atoms with E-state index < -0.39 is 11.6 Å². The molecule has 29 heavy (non-hydrogen) atoms. The number of halogens is 1. The van der Waals surface area contributed by atoms with E-state index in [1.807, 2.05) is 30.3 Å². The number of amides is 3. The maximum Gasteiger partial charge on any atom is 0.325 e. The minimum Gasteiger partial charge on any atom is -0.319 e. The lowest BCUT2D eigenvalue weighted by molar-refractivity contribution is -0.130. The van der Waals surface area contributed by atoms with Crippen molar-refractivity contribution in [2.45, 2.75) is 17.4 Å². The van der Waals surface area contributed by atoms with E-state index in [2.05, 4.69) is 20.8 Å². The number of imide groups is 1. The lowest BCUT2D eigenvalue weighted by atomic mass is 9.91. The summed E-state index contributed by atoms with van der Waals surface area (Å²) >= 11 is 7.45. The smallest absolute Gasteiger partial charge is 0.319 e. The molecule has 0 unspecified atom stereocenters. The Morgan fingerprint density at radius 2 is 1.97 bits per heavy atom. The zero-order valence-electron chi connectivity index (χ0n) is 15.4. The second kappa shape index (κ2) is 7.84. The van der Waals surface area contributed by atoms with E-state index in [1.165, 1.54) is 15.9 Å². The highest BCUT2D eigenvalue weighted by Gasteiger charge is 2.48. The van der Waals surface area contributed by atoms with Crippen molar-refractivity contribution in [3.05, 3.63) is 65.4 Å². The minimum atomic E-state index is -1.15. The van der Waals surface area contributed by atoms with Gasteiger partial charge in [0.2, 0.25) is 0 Å². The van der Waals surface area contributed by atoms with E-state index in [-0.39, 0.29) is 5.91 Å². The molecule has 0 aliphatic carbocycles. The van der Waals surface area contributed by atoms with Crippen molar-refractivity contribution in [1.29, 1.82) is 0 Å². The Kier molecular flexibility index (Phi) is 5.25. The molecule has 1 fully saturated rings. The van der Waals surface area contributed by atoms with Crippen LogP contribution < -0.4 is 5.32 Å². The first-order valence-corrected chi connectivity index (χ1v) is 10.2. The molecular weight excluding hydrogens is 412 g/mol. The number of carbonyl (C=O) groups is 2. The molecule has 2 aromatic carbocycles. The SMILES string of the molecule is C[C@]1(c2cccc(-n3cnnn3)c2)NC(=O)N(CCSc2ccc(Cl)cc2)C1=O. The fourth-order valence-electron chi connectivity index (χ4n) is 3.12. The van der Waals surface area contributed by atoms with E-state index in [0.29, 0.717) is 28.6 Å². The summed E-state index contributed by atoms with van der Waals surface area (Å²) < 4.78 is 1.49. The van der Waals surface area contributed by atoms with Gasteiger partial charge in [-0.2, -0.15) is 0 Å². The topological polar surface area (TPSA) is 93.0 Å². The lowest BCUT2D eigenvalue weighted by Gasteiger charge is -2.22. The number of aromatic nitrogens is 4. The van der Waals surface area contributed by atoms with Crippen molar-refractivity contribution in [3.8, 4) is 5.69 Å². The normalized spacial score (nSPS) is 18.9. The molecule has 0 bridgehead atoms. The van der Waals surface area contributed by atoms with Crippen molar-refractivity contribution >= 4 is 35.3 Å². The van der Waals surface area contributed by atoms with E-state index in [4.69, 9.17) is 11.6 Å². The van der Waals surface area contributed by atoms with Crippen molar-refractivity contribution in [3.63, 3.8) is 0 Å². The summed E-state index contributed by atoms with van der Waals surface area (Å²) in [6.45, 7) is 2.01. The summed E-state index contributed by atoms with van der Waals surface area (Å²) in [5, 5.41) is 14.6. The number of rotatable bonds is 6. The summed E-state index contributed by atoms with van der Waals surface area (Å²) in [5.74, 6) is 0.301. The Hall–Kier alpha value is -2.91. The van der Waals surface area contributed by atoms with Gasteiger partial charge < -0.3 is 5.32 Å². The van der Waals surface area contributed by atoms with E-state index >= 15 is 0 Å². The molecule has 2 heterocycles. The van der Waals surface area contributed by atoms with Gasteiger partial charge in [0.05, 0.1) is 5.69 Å². The monoisotopic (exact) mass is 428 g/mol. The van der Waals surface area contributed by atoms with Crippen LogP contribution in [0.3, 0.4) is 0 Å². The van der Waals surface area contributed by atoms with Crippen LogP contribution in [-0.2, 0) is 10.3 Å². The third kappa shape index (κ3) is 3.83. The number of thioether (sulfide) groups is 1. The molecule has 3 amide bonds. The van der Waals surface area contributed by atoms with Gasteiger partial charge in [-0.15, -0.1) is 16.9 Å². The fraction of sp³-hybridized carbons (Fsp3) is 0.211. The molecule has 0 radical (unpaired) electrons. The van der Waals surface area contributed by atoms with Gasteiger partial charge >= 0.3 is 6.03 Å². The first-order chi connectivity index (χ1) is 14.0. The molecular formula is C19H17ClN6O2S. The molecule has 1 aromatic heterocycles. The third-order valence-corrected chi connectivity index (χ3v) is 5.95. The van der Waals surface area contributed by atoms with Crippen molar-refractivity contribution in [2.24, 2.45) is 0 Å². The summed E-state index contributed by atoms with van der Waals surface area (Å²) in [7, 11) is 0. The zero-order valence-corrected chi connectivity index (χ0v) is 17.0. The second-order valence-electron chi connectivity index (χ2n) is 6.62. The minimum absolute atomic E-state index is 0.284.